The highest BCUT2D eigenvalue weighted by molar-refractivity contribution is 9.10. The SMILES string of the molecule is Cc1ccc(Br)c(S)c1. The van der Waals surface area contributed by atoms with Crippen molar-refractivity contribution in [1.29, 1.82) is 0 Å². The summed E-state index contributed by atoms with van der Waals surface area (Å²) in [6, 6.07) is 6.06. The molecule has 0 aliphatic carbocycles. The van der Waals surface area contributed by atoms with Gasteiger partial charge in [0.25, 0.3) is 0 Å². The molecule has 0 heterocycles. The third kappa shape index (κ3) is 1.73. The van der Waals surface area contributed by atoms with Crippen LogP contribution < -0.4 is 0 Å². The third-order valence-corrected chi connectivity index (χ3v) is 2.47. The smallest absolute Gasteiger partial charge is 0.0308 e. The van der Waals surface area contributed by atoms with Gasteiger partial charge in [-0.05, 0) is 40.5 Å². The molecule has 1 aromatic rings. The first kappa shape index (κ1) is 7.16. The molecule has 0 aliphatic rings. The Labute approximate surface area is 68.8 Å². The summed E-state index contributed by atoms with van der Waals surface area (Å²) in [7, 11) is 0. The van der Waals surface area contributed by atoms with Crippen molar-refractivity contribution in [3.8, 4) is 0 Å². The number of halogens is 1. The second-order valence-corrected chi connectivity index (χ2v) is 3.29. The Kier molecular flexibility index (Phi) is 2.19. The number of rotatable bonds is 0. The van der Waals surface area contributed by atoms with E-state index in [4.69, 9.17) is 0 Å². The summed E-state index contributed by atoms with van der Waals surface area (Å²) in [6.45, 7) is 2.05. The van der Waals surface area contributed by atoms with Crippen molar-refractivity contribution in [1.82, 2.24) is 0 Å². The van der Waals surface area contributed by atoms with Gasteiger partial charge in [-0.15, -0.1) is 12.6 Å². The van der Waals surface area contributed by atoms with E-state index in [9.17, 15) is 0 Å². The second-order valence-electron chi connectivity index (χ2n) is 1.95. The van der Waals surface area contributed by atoms with Gasteiger partial charge in [-0.3, -0.25) is 0 Å². The minimum absolute atomic E-state index is 0.995. The largest absolute Gasteiger partial charge is 0.142 e. The van der Waals surface area contributed by atoms with Gasteiger partial charge in [0.1, 0.15) is 0 Å². The van der Waals surface area contributed by atoms with Gasteiger partial charge in [0.15, 0.2) is 0 Å². The molecule has 0 unspecified atom stereocenters. The van der Waals surface area contributed by atoms with Crippen LogP contribution in [0.4, 0.5) is 0 Å². The second kappa shape index (κ2) is 2.76. The van der Waals surface area contributed by atoms with Crippen LogP contribution in [0.25, 0.3) is 0 Å². The molecule has 2 heteroatoms. The average molecular weight is 203 g/mol. The molecule has 9 heavy (non-hydrogen) atoms. The molecular weight excluding hydrogens is 196 g/mol. The molecule has 0 amide bonds. The lowest BCUT2D eigenvalue weighted by Gasteiger charge is -1.95. The van der Waals surface area contributed by atoms with Crippen molar-refractivity contribution < 1.29 is 0 Å². The molecule has 0 nitrogen and oxygen atoms in total. The molecule has 0 radical (unpaired) electrons. The summed E-state index contributed by atoms with van der Waals surface area (Å²) >= 11 is 7.57. The Balaban J connectivity index is 3.17. The molecule has 0 bridgehead atoms. The topological polar surface area (TPSA) is 0 Å². The van der Waals surface area contributed by atoms with Gasteiger partial charge in [0.05, 0.1) is 0 Å². The fraction of sp³-hybridized carbons (Fsp3) is 0.143. The molecule has 0 fully saturated rings. The normalized spacial score (nSPS) is 9.67. The summed E-state index contributed by atoms with van der Waals surface area (Å²) in [4.78, 5) is 0.995. The van der Waals surface area contributed by atoms with Crippen LogP contribution in [0.3, 0.4) is 0 Å². The Bertz CT molecular complexity index is 220. The Morgan fingerprint density at radius 1 is 1.44 bits per heavy atom. The van der Waals surface area contributed by atoms with E-state index >= 15 is 0 Å². The summed E-state index contributed by atoms with van der Waals surface area (Å²) in [5.41, 5.74) is 1.24. The van der Waals surface area contributed by atoms with E-state index in [2.05, 4.69) is 28.6 Å². The maximum Gasteiger partial charge on any atom is 0.0308 e. The zero-order valence-electron chi connectivity index (χ0n) is 5.06. The first-order chi connectivity index (χ1) is 4.20. The van der Waals surface area contributed by atoms with Crippen molar-refractivity contribution in [3.05, 3.63) is 28.2 Å². The molecule has 0 aromatic heterocycles. The van der Waals surface area contributed by atoms with E-state index in [0.29, 0.717) is 0 Å². The molecule has 48 valence electrons. The molecular formula is C7H7BrS. The highest BCUT2D eigenvalue weighted by Crippen LogP contribution is 2.20. The molecule has 0 saturated heterocycles. The first-order valence-electron chi connectivity index (χ1n) is 2.65. The fourth-order valence-corrected chi connectivity index (χ4v) is 1.15. The molecule has 1 rings (SSSR count). The summed E-state index contributed by atoms with van der Waals surface area (Å²) in [6.07, 6.45) is 0. The highest BCUT2D eigenvalue weighted by atomic mass is 79.9. The number of hydrogen-bond acceptors (Lipinski definition) is 1. The number of benzene rings is 1. The van der Waals surface area contributed by atoms with Crippen molar-refractivity contribution in [2.75, 3.05) is 0 Å². The van der Waals surface area contributed by atoms with Crippen molar-refractivity contribution >= 4 is 28.6 Å². The van der Waals surface area contributed by atoms with E-state index in [1.54, 1.807) is 0 Å². The predicted molar refractivity (Wildman–Crippen MR) is 46.1 cm³/mol. The number of aryl methyl sites for hydroxylation is 1. The summed E-state index contributed by atoms with van der Waals surface area (Å²) < 4.78 is 1.05. The zero-order chi connectivity index (χ0) is 6.85. The zero-order valence-corrected chi connectivity index (χ0v) is 7.54. The monoisotopic (exact) mass is 202 g/mol. The minimum Gasteiger partial charge on any atom is -0.142 e. The van der Waals surface area contributed by atoms with Crippen molar-refractivity contribution in [2.45, 2.75) is 11.8 Å². The average Bonchev–Trinajstić information content (AvgIpc) is 1.80. The van der Waals surface area contributed by atoms with Crippen LogP contribution in [-0.2, 0) is 0 Å². The van der Waals surface area contributed by atoms with E-state index in [0.717, 1.165) is 9.37 Å². The first-order valence-corrected chi connectivity index (χ1v) is 3.89. The number of thiol groups is 1. The van der Waals surface area contributed by atoms with Gasteiger partial charge >= 0.3 is 0 Å². The van der Waals surface area contributed by atoms with E-state index in [-0.39, 0.29) is 0 Å². The van der Waals surface area contributed by atoms with Crippen molar-refractivity contribution in [3.63, 3.8) is 0 Å². The number of hydrogen-bond donors (Lipinski definition) is 1. The van der Waals surface area contributed by atoms with Crippen molar-refractivity contribution in [2.24, 2.45) is 0 Å². The third-order valence-electron chi connectivity index (χ3n) is 1.10. The standard InChI is InChI=1S/C7H7BrS/c1-5-2-3-6(8)7(9)4-5/h2-4,9H,1H3. The summed E-state index contributed by atoms with van der Waals surface area (Å²) in [5.74, 6) is 0. The van der Waals surface area contributed by atoms with E-state index in [1.165, 1.54) is 5.56 Å². The summed E-state index contributed by atoms with van der Waals surface area (Å²) in [5, 5.41) is 0. The minimum atomic E-state index is 0.995. The molecule has 0 N–H and O–H groups in total. The lowest BCUT2D eigenvalue weighted by Crippen LogP contribution is -1.72. The molecule has 0 aliphatic heterocycles. The van der Waals surface area contributed by atoms with E-state index < -0.39 is 0 Å². The van der Waals surface area contributed by atoms with Gasteiger partial charge in [-0.2, -0.15) is 0 Å². The predicted octanol–water partition coefficient (Wildman–Crippen LogP) is 3.05. The van der Waals surface area contributed by atoms with Gasteiger partial charge in [-0.25, -0.2) is 0 Å². The van der Waals surface area contributed by atoms with Gasteiger partial charge in [0, 0.05) is 9.37 Å². The van der Waals surface area contributed by atoms with Crippen LogP contribution in [-0.4, -0.2) is 0 Å². The van der Waals surface area contributed by atoms with Crippen LogP contribution in [0.15, 0.2) is 27.6 Å². The van der Waals surface area contributed by atoms with Gasteiger partial charge in [0.2, 0.25) is 0 Å². The van der Waals surface area contributed by atoms with Crippen LogP contribution in [0.1, 0.15) is 5.56 Å². The molecule has 0 atom stereocenters. The van der Waals surface area contributed by atoms with Crippen LogP contribution >= 0.6 is 28.6 Å². The Morgan fingerprint density at radius 2 is 2.11 bits per heavy atom. The Morgan fingerprint density at radius 3 is 2.56 bits per heavy atom. The fourth-order valence-electron chi connectivity index (χ4n) is 0.623. The lowest BCUT2D eigenvalue weighted by atomic mass is 10.2. The van der Waals surface area contributed by atoms with Gasteiger partial charge < -0.3 is 0 Å². The van der Waals surface area contributed by atoms with Crippen LogP contribution in [0, 0.1) is 6.92 Å². The van der Waals surface area contributed by atoms with Crippen LogP contribution in [0.5, 0.6) is 0 Å². The maximum atomic E-state index is 4.22. The highest BCUT2D eigenvalue weighted by Gasteiger charge is 1.91. The quantitative estimate of drug-likeness (QED) is 0.615. The Hall–Kier alpha value is 0.0500. The van der Waals surface area contributed by atoms with Crippen LogP contribution in [0.2, 0.25) is 0 Å². The molecule has 0 saturated carbocycles. The molecule has 0 spiro atoms. The molecule has 1 aromatic carbocycles. The van der Waals surface area contributed by atoms with Gasteiger partial charge in [-0.1, -0.05) is 6.07 Å². The lowest BCUT2D eigenvalue weighted by molar-refractivity contribution is 1.34. The maximum absolute atomic E-state index is 4.22. The van der Waals surface area contributed by atoms with E-state index in [1.807, 2.05) is 25.1 Å².